The van der Waals surface area contributed by atoms with Crippen LogP contribution in [0.5, 0.6) is 28.7 Å². The molecule has 0 amide bonds. The Labute approximate surface area is 179 Å². The van der Waals surface area contributed by atoms with E-state index in [1.807, 2.05) is 30.4 Å². The fourth-order valence-electron chi connectivity index (χ4n) is 3.68. The first kappa shape index (κ1) is 20.8. The van der Waals surface area contributed by atoms with E-state index in [1.165, 1.54) is 13.2 Å². The van der Waals surface area contributed by atoms with E-state index >= 15 is 0 Å². The summed E-state index contributed by atoms with van der Waals surface area (Å²) in [6, 6.07) is 7.47. The highest BCUT2D eigenvalue weighted by Crippen LogP contribution is 2.47. The van der Waals surface area contributed by atoms with E-state index in [0.717, 1.165) is 18.1 Å². The molecule has 0 spiro atoms. The lowest BCUT2D eigenvalue weighted by atomic mass is 9.91. The fourth-order valence-corrected chi connectivity index (χ4v) is 3.68. The summed E-state index contributed by atoms with van der Waals surface area (Å²) in [5, 5.41) is 41.0. The van der Waals surface area contributed by atoms with Gasteiger partial charge < -0.3 is 34.6 Å². The van der Waals surface area contributed by atoms with Crippen molar-refractivity contribution in [1.82, 2.24) is 0 Å². The normalized spacial score (nSPS) is 22.2. The number of allylic oxidation sites excluding steroid dienone is 5. The van der Waals surface area contributed by atoms with Gasteiger partial charge in [-0.2, -0.15) is 0 Å². The average Bonchev–Trinajstić information content (AvgIpc) is 3.03. The molecule has 1 aliphatic carbocycles. The van der Waals surface area contributed by atoms with E-state index in [0.29, 0.717) is 23.7 Å². The molecule has 0 fully saturated rings. The summed E-state index contributed by atoms with van der Waals surface area (Å²) in [4.78, 5) is 0. The Bertz CT molecular complexity index is 1050. The Morgan fingerprint density at radius 2 is 1.87 bits per heavy atom. The van der Waals surface area contributed by atoms with Gasteiger partial charge in [0.05, 0.1) is 12.7 Å². The molecule has 1 heterocycles. The first-order chi connectivity index (χ1) is 15.0. The van der Waals surface area contributed by atoms with Crippen molar-refractivity contribution in [3.63, 3.8) is 0 Å². The number of phenols is 2. The summed E-state index contributed by atoms with van der Waals surface area (Å²) in [6.45, 7) is 0.357. The molecule has 0 saturated carbocycles. The van der Waals surface area contributed by atoms with Gasteiger partial charge in [0.2, 0.25) is 0 Å². The number of aromatic hydroxyl groups is 2. The smallest absolute Gasteiger partial charge is 0.162 e. The predicted octanol–water partition coefficient (Wildman–Crippen LogP) is 3.46. The lowest BCUT2D eigenvalue weighted by Crippen LogP contribution is -2.34. The molecular formula is C24H24O7. The molecule has 7 nitrogen and oxygen atoms in total. The van der Waals surface area contributed by atoms with Crippen molar-refractivity contribution < 1.29 is 34.6 Å². The topological polar surface area (TPSA) is 109 Å². The third-order valence-corrected chi connectivity index (χ3v) is 5.29. The van der Waals surface area contributed by atoms with Crippen LogP contribution in [0, 0.1) is 0 Å². The molecule has 0 bridgehead atoms. The summed E-state index contributed by atoms with van der Waals surface area (Å²) in [7, 11) is 1.54. The van der Waals surface area contributed by atoms with Gasteiger partial charge in [0.1, 0.15) is 36.1 Å². The van der Waals surface area contributed by atoms with E-state index in [1.54, 1.807) is 18.2 Å². The Morgan fingerprint density at radius 3 is 2.68 bits per heavy atom. The zero-order valence-corrected chi connectivity index (χ0v) is 16.9. The van der Waals surface area contributed by atoms with Crippen LogP contribution >= 0.6 is 0 Å². The van der Waals surface area contributed by atoms with Crippen LogP contribution < -0.4 is 14.2 Å². The monoisotopic (exact) mass is 424 g/mol. The van der Waals surface area contributed by atoms with E-state index in [4.69, 9.17) is 14.2 Å². The molecule has 0 saturated heterocycles. The van der Waals surface area contributed by atoms with Gasteiger partial charge in [0.15, 0.2) is 17.6 Å². The second-order valence-electron chi connectivity index (χ2n) is 7.39. The van der Waals surface area contributed by atoms with Crippen LogP contribution in [0.2, 0.25) is 0 Å². The van der Waals surface area contributed by atoms with Gasteiger partial charge in [-0.1, -0.05) is 36.4 Å². The number of ether oxygens (including phenoxy) is 3. The largest absolute Gasteiger partial charge is 0.508 e. The quantitative estimate of drug-likeness (QED) is 0.582. The van der Waals surface area contributed by atoms with Crippen molar-refractivity contribution in [2.24, 2.45) is 0 Å². The minimum atomic E-state index is -1.39. The summed E-state index contributed by atoms with van der Waals surface area (Å²) >= 11 is 0. The Kier molecular flexibility index (Phi) is 5.88. The zero-order chi connectivity index (χ0) is 22.0. The van der Waals surface area contributed by atoms with Crippen LogP contribution in [0.3, 0.4) is 0 Å². The molecule has 0 radical (unpaired) electrons. The van der Waals surface area contributed by atoms with Crippen molar-refractivity contribution in [3.05, 3.63) is 77.4 Å². The summed E-state index contributed by atoms with van der Waals surface area (Å²) in [5.74, 6) is 0.523. The lowest BCUT2D eigenvalue weighted by Gasteiger charge is -2.35. The molecule has 7 heteroatoms. The maximum Gasteiger partial charge on any atom is 0.162 e. The van der Waals surface area contributed by atoms with Gasteiger partial charge >= 0.3 is 0 Å². The molecular weight excluding hydrogens is 400 g/mol. The number of phenolic OH excluding ortho intramolecular Hbond substituents is 2. The van der Waals surface area contributed by atoms with Gasteiger partial charge in [0, 0.05) is 12.1 Å². The number of hydrogen-bond acceptors (Lipinski definition) is 7. The van der Waals surface area contributed by atoms with Crippen LogP contribution in [-0.2, 0) is 0 Å². The SMILES string of the molecule is COc1ccc(C2Oc3cc(O)cc(O)c3C(O)C2O)cc1OCC1=CC=CC=CC1. The molecule has 4 N–H and O–H groups in total. The van der Waals surface area contributed by atoms with E-state index in [9.17, 15) is 20.4 Å². The van der Waals surface area contributed by atoms with E-state index in [-0.39, 0.29) is 22.8 Å². The summed E-state index contributed by atoms with van der Waals surface area (Å²) < 4.78 is 17.2. The van der Waals surface area contributed by atoms with Crippen molar-refractivity contribution in [2.45, 2.75) is 24.7 Å². The van der Waals surface area contributed by atoms with E-state index in [2.05, 4.69) is 0 Å². The van der Waals surface area contributed by atoms with Gasteiger partial charge in [0.25, 0.3) is 0 Å². The third-order valence-electron chi connectivity index (χ3n) is 5.29. The Hall–Kier alpha value is -3.42. The first-order valence-electron chi connectivity index (χ1n) is 9.88. The lowest BCUT2D eigenvalue weighted by molar-refractivity contribution is -0.0711. The molecule has 4 rings (SSSR count). The molecule has 2 aromatic rings. The van der Waals surface area contributed by atoms with E-state index < -0.39 is 18.3 Å². The summed E-state index contributed by atoms with van der Waals surface area (Å²) in [6.07, 6.45) is 7.01. The highest BCUT2D eigenvalue weighted by molar-refractivity contribution is 5.53. The second kappa shape index (κ2) is 8.75. The van der Waals surface area contributed by atoms with Gasteiger partial charge in [-0.05, 0) is 29.7 Å². The third kappa shape index (κ3) is 4.23. The number of hydrogen-bond donors (Lipinski definition) is 4. The van der Waals surface area contributed by atoms with Gasteiger partial charge in [-0.15, -0.1) is 0 Å². The van der Waals surface area contributed by atoms with Crippen molar-refractivity contribution in [1.29, 1.82) is 0 Å². The predicted molar refractivity (Wildman–Crippen MR) is 114 cm³/mol. The Balaban J connectivity index is 1.62. The van der Waals surface area contributed by atoms with Crippen molar-refractivity contribution in [2.75, 3.05) is 13.7 Å². The number of methoxy groups -OCH3 is 1. The van der Waals surface area contributed by atoms with Gasteiger partial charge in [-0.25, -0.2) is 0 Å². The minimum Gasteiger partial charge on any atom is -0.508 e. The summed E-state index contributed by atoms with van der Waals surface area (Å²) in [5.41, 5.74) is 1.67. The molecule has 3 atom stereocenters. The molecule has 31 heavy (non-hydrogen) atoms. The second-order valence-corrected chi connectivity index (χ2v) is 7.39. The minimum absolute atomic E-state index is 0.0351. The number of benzene rings is 2. The average molecular weight is 424 g/mol. The molecule has 1 aliphatic heterocycles. The highest BCUT2D eigenvalue weighted by atomic mass is 16.5. The fraction of sp³-hybridized carbons (Fsp3) is 0.250. The Morgan fingerprint density at radius 1 is 1.03 bits per heavy atom. The number of fused-ring (bicyclic) bond motifs is 1. The highest BCUT2D eigenvalue weighted by Gasteiger charge is 2.39. The van der Waals surface area contributed by atoms with Crippen LogP contribution in [0.4, 0.5) is 0 Å². The molecule has 0 aromatic heterocycles. The number of aliphatic hydroxyl groups is 2. The van der Waals surface area contributed by atoms with Crippen LogP contribution in [-0.4, -0.2) is 40.2 Å². The van der Waals surface area contributed by atoms with Crippen LogP contribution in [0.1, 0.15) is 29.8 Å². The number of rotatable bonds is 5. The van der Waals surface area contributed by atoms with Crippen molar-refractivity contribution >= 4 is 0 Å². The first-order valence-corrected chi connectivity index (χ1v) is 9.88. The molecule has 162 valence electrons. The standard InChI is InChI=1S/C24H24O7/c1-29-18-9-8-15(10-19(18)30-13-14-6-4-2-3-5-7-14)24-23(28)22(27)21-17(26)11-16(25)12-20(21)31-24/h2-6,8-12,22-28H,7,13H2,1H3. The maximum atomic E-state index is 10.7. The number of aliphatic hydroxyl groups excluding tert-OH is 2. The van der Waals surface area contributed by atoms with Gasteiger partial charge in [-0.3, -0.25) is 0 Å². The molecule has 2 aromatic carbocycles. The molecule has 2 aliphatic rings. The van der Waals surface area contributed by atoms with Crippen molar-refractivity contribution in [3.8, 4) is 28.7 Å². The zero-order valence-electron chi connectivity index (χ0n) is 16.9. The van der Waals surface area contributed by atoms with Crippen LogP contribution in [0.15, 0.2) is 66.3 Å². The van der Waals surface area contributed by atoms with Crippen LogP contribution in [0.25, 0.3) is 0 Å². The maximum absolute atomic E-state index is 10.7. The molecule has 3 unspecified atom stereocenters.